The summed E-state index contributed by atoms with van der Waals surface area (Å²) in [6.07, 6.45) is 3.65. The van der Waals surface area contributed by atoms with Gasteiger partial charge in [-0.25, -0.2) is 0 Å². The fourth-order valence-electron chi connectivity index (χ4n) is 1.55. The lowest BCUT2D eigenvalue weighted by molar-refractivity contribution is -0.134. The van der Waals surface area contributed by atoms with Gasteiger partial charge < -0.3 is 4.90 Å². The molecular formula is C11H21NO. The van der Waals surface area contributed by atoms with Crippen LogP contribution in [0.2, 0.25) is 0 Å². The minimum atomic E-state index is 0.0361. The fraction of sp³-hybridized carbons (Fsp3) is 0.909. The van der Waals surface area contributed by atoms with Crippen LogP contribution in [-0.4, -0.2) is 22.9 Å². The minimum Gasteiger partial charge on any atom is -0.338 e. The third-order valence-corrected chi connectivity index (χ3v) is 3.11. The molecule has 0 bridgehead atoms. The Morgan fingerprint density at radius 3 is 2.31 bits per heavy atom. The second kappa shape index (κ2) is 3.69. The van der Waals surface area contributed by atoms with Gasteiger partial charge in [-0.05, 0) is 39.0 Å². The molecule has 1 aliphatic rings. The van der Waals surface area contributed by atoms with Crippen LogP contribution in [0.5, 0.6) is 0 Å². The molecule has 0 spiro atoms. The van der Waals surface area contributed by atoms with Crippen molar-refractivity contribution in [3.63, 3.8) is 0 Å². The Bertz CT molecular complexity index is 194. The molecule has 0 radical (unpaired) electrons. The number of nitrogens with zero attached hydrogens (tertiary/aromatic N) is 1. The number of rotatable bonds is 4. The van der Waals surface area contributed by atoms with Gasteiger partial charge in [0.2, 0.25) is 5.91 Å². The molecule has 1 aliphatic carbocycles. The van der Waals surface area contributed by atoms with E-state index in [-0.39, 0.29) is 11.4 Å². The zero-order valence-corrected chi connectivity index (χ0v) is 9.26. The molecule has 2 heteroatoms. The van der Waals surface area contributed by atoms with Crippen LogP contribution in [0.1, 0.15) is 47.0 Å². The van der Waals surface area contributed by atoms with E-state index in [1.165, 1.54) is 12.8 Å². The molecule has 1 rings (SSSR count). The molecule has 1 saturated carbocycles. The maximum Gasteiger partial charge on any atom is 0.219 e. The maximum absolute atomic E-state index is 11.4. The maximum atomic E-state index is 11.4. The predicted octanol–water partition coefficient (Wildman–Crippen LogP) is 2.43. The van der Waals surface area contributed by atoms with Crippen LogP contribution in [0.25, 0.3) is 0 Å². The first-order valence-corrected chi connectivity index (χ1v) is 5.25. The molecule has 0 aliphatic heterocycles. The topological polar surface area (TPSA) is 20.3 Å². The van der Waals surface area contributed by atoms with Crippen molar-refractivity contribution in [1.82, 2.24) is 4.90 Å². The van der Waals surface area contributed by atoms with Crippen LogP contribution >= 0.6 is 0 Å². The van der Waals surface area contributed by atoms with Gasteiger partial charge in [0.1, 0.15) is 0 Å². The number of hydrogen-bond acceptors (Lipinski definition) is 1. The molecule has 1 fully saturated rings. The van der Waals surface area contributed by atoms with E-state index in [1.807, 2.05) is 4.90 Å². The molecule has 1 amide bonds. The van der Waals surface area contributed by atoms with Crippen molar-refractivity contribution in [1.29, 1.82) is 0 Å². The highest BCUT2D eigenvalue weighted by molar-refractivity contribution is 5.74. The molecule has 0 heterocycles. The molecule has 0 N–H and O–H groups in total. The van der Waals surface area contributed by atoms with Gasteiger partial charge in [-0.1, -0.05) is 6.92 Å². The van der Waals surface area contributed by atoms with Crippen LogP contribution in [0.3, 0.4) is 0 Å². The first kappa shape index (κ1) is 10.6. The van der Waals surface area contributed by atoms with E-state index in [9.17, 15) is 4.79 Å². The van der Waals surface area contributed by atoms with E-state index in [4.69, 9.17) is 0 Å². The summed E-state index contributed by atoms with van der Waals surface area (Å²) in [6.45, 7) is 9.09. The Balaban J connectivity index is 2.59. The van der Waals surface area contributed by atoms with Crippen molar-refractivity contribution < 1.29 is 4.79 Å². The smallest absolute Gasteiger partial charge is 0.219 e. The van der Waals surface area contributed by atoms with Crippen LogP contribution in [0.15, 0.2) is 0 Å². The Labute approximate surface area is 81.3 Å². The first-order chi connectivity index (χ1) is 5.97. The monoisotopic (exact) mass is 183 g/mol. The zero-order valence-electron chi connectivity index (χ0n) is 9.26. The summed E-state index contributed by atoms with van der Waals surface area (Å²) in [5.74, 6) is 1.01. The van der Waals surface area contributed by atoms with Gasteiger partial charge in [0.05, 0.1) is 0 Å². The summed E-state index contributed by atoms with van der Waals surface area (Å²) >= 11 is 0. The molecule has 0 unspecified atom stereocenters. The van der Waals surface area contributed by atoms with Crippen molar-refractivity contribution in [3.05, 3.63) is 0 Å². The zero-order chi connectivity index (χ0) is 10.1. The molecular weight excluding hydrogens is 162 g/mol. The van der Waals surface area contributed by atoms with Gasteiger partial charge in [0, 0.05) is 19.0 Å². The fourth-order valence-corrected chi connectivity index (χ4v) is 1.55. The Kier molecular flexibility index (Phi) is 2.99. The lowest BCUT2D eigenvalue weighted by Gasteiger charge is -2.37. The first-order valence-electron chi connectivity index (χ1n) is 5.25. The summed E-state index contributed by atoms with van der Waals surface area (Å²) in [5.41, 5.74) is 0.0361. The molecule has 0 aromatic rings. The van der Waals surface area contributed by atoms with Crippen molar-refractivity contribution in [2.45, 2.75) is 52.5 Å². The Morgan fingerprint density at radius 1 is 1.46 bits per heavy atom. The number of carbonyl (C=O) groups excluding carboxylic acids is 1. The third-order valence-electron chi connectivity index (χ3n) is 3.11. The van der Waals surface area contributed by atoms with Gasteiger partial charge in [-0.2, -0.15) is 0 Å². The molecule has 0 aromatic carbocycles. The van der Waals surface area contributed by atoms with Crippen LogP contribution in [-0.2, 0) is 4.79 Å². The molecule has 13 heavy (non-hydrogen) atoms. The summed E-state index contributed by atoms with van der Waals surface area (Å²) in [5, 5.41) is 0. The summed E-state index contributed by atoms with van der Waals surface area (Å²) in [6, 6.07) is 0. The standard InChI is InChI=1S/C11H21NO/c1-5-11(3,4)12(9(2)13)8-10-6-7-10/h10H,5-8H2,1-4H3. The quantitative estimate of drug-likeness (QED) is 0.655. The van der Waals surface area contributed by atoms with Crippen LogP contribution in [0, 0.1) is 5.92 Å². The minimum absolute atomic E-state index is 0.0361. The van der Waals surface area contributed by atoms with E-state index >= 15 is 0 Å². The predicted molar refractivity (Wildman–Crippen MR) is 54.5 cm³/mol. The van der Waals surface area contributed by atoms with Crippen LogP contribution < -0.4 is 0 Å². The molecule has 0 saturated heterocycles. The second-order valence-corrected chi connectivity index (χ2v) is 4.74. The molecule has 0 atom stereocenters. The van der Waals surface area contributed by atoms with Crippen molar-refractivity contribution in [3.8, 4) is 0 Å². The Hall–Kier alpha value is -0.530. The summed E-state index contributed by atoms with van der Waals surface area (Å²) in [7, 11) is 0. The van der Waals surface area contributed by atoms with Gasteiger partial charge in [0.25, 0.3) is 0 Å². The lowest BCUT2D eigenvalue weighted by atomic mass is 9.98. The molecule has 2 nitrogen and oxygen atoms in total. The SMILES string of the molecule is CCC(C)(C)N(CC1CC1)C(C)=O. The molecule has 0 aromatic heterocycles. The van der Waals surface area contributed by atoms with Crippen molar-refractivity contribution >= 4 is 5.91 Å². The summed E-state index contributed by atoms with van der Waals surface area (Å²) < 4.78 is 0. The number of carbonyl (C=O) groups is 1. The van der Waals surface area contributed by atoms with Gasteiger partial charge in [-0.15, -0.1) is 0 Å². The highest BCUT2D eigenvalue weighted by Crippen LogP contribution is 2.32. The average molecular weight is 183 g/mol. The summed E-state index contributed by atoms with van der Waals surface area (Å²) in [4.78, 5) is 13.5. The second-order valence-electron chi connectivity index (χ2n) is 4.74. The highest BCUT2D eigenvalue weighted by atomic mass is 16.2. The normalized spacial score (nSPS) is 17.2. The number of hydrogen-bond donors (Lipinski definition) is 0. The lowest BCUT2D eigenvalue weighted by Crippen LogP contribution is -2.47. The van der Waals surface area contributed by atoms with Gasteiger partial charge >= 0.3 is 0 Å². The Morgan fingerprint density at radius 2 is 2.00 bits per heavy atom. The van der Waals surface area contributed by atoms with E-state index in [0.29, 0.717) is 0 Å². The molecule has 76 valence electrons. The van der Waals surface area contributed by atoms with Crippen molar-refractivity contribution in [2.24, 2.45) is 5.92 Å². The average Bonchev–Trinajstić information content (AvgIpc) is 2.82. The highest BCUT2D eigenvalue weighted by Gasteiger charge is 2.32. The van der Waals surface area contributed by atoms with E-state index in [2.05, 4.69) is 20.8 Å². The van der Waals surface area contributed by atoms with E-state index in [1.54, 1.807) is 6.92 Å². The number of amides is 1. The van der Waals surface area contributed by atoms with Crippen molar-refractivity contribution in [2.75, 3.05) is 6.54 Å². The van der Waals surface area contributed by atoms with Gasteiger partial charge in [-0.3, -0.25) is 4.79 Å². The third kappa shape index (κ3) is 2.71. The van der Waals surface area contributed by atoms with Gasteiger partial charge in [0.15, 0.2) is 0 Å². The largest absolute Gasteiger partial charge is 0.338 e. The van der Waals surface area contributed by atoms with E-state index < -0.39 is 0 Å². The van der Waals surface area contributed by atoms with E-state index in [0.717, 1.165) is 18.9 Å². The van der Waals surface area contributed by atoms with Crippen LogP contribution in [0.4, 0.5) is 0 Å².